The summed E-state index contributed by atoms with van der Waals surface area (Å²) in [7, 11) is -4.60. The number of rotatable bonds is 12. The minimum absolute atomic E-state index is 0.247. The first kappa shape index (κ1) is 21.4. The minimum Gasteiger partial charge on any atom is -0.266 e. The van der Waals surface area contributed by atoms with Gasteiger partial charge in [0.05, 0.1) is 11.5 Å². The number of hydrogen-bond acceptors (Lipinski definition) is 3. The molecule has 0 amide bonds. The summed E-state index contributed by atoms with van der Waals surface area (Å²) in [5, 5.41) is 0. The van der Waals surface area contributed by atoms with E-state index in [4.69, 9.17) is 4.18 Å². The summed E-state index contributed by atoms with van der Waals surface area (Å²) < 4.78 is 29.2. The standard InChI is InChI=1S/C19H34O3SSi/c1-5-6-16-24(3,4)17-10-8-7-9-15-22-23(20,21)19-13-11-18(2)12-14-19/h11-14H,5-10,15-17H2,1-4H3. The molecule has 0 heterocycles. The summed E-state index contributed by atoms with van der Waals surface area (Å²) in [4.78, 5) is 0.247. The second-order valence-electron chi connectivity index (χ2n) is 7.52. The average Bonchev–Trinajstić information content (AvgIpc) is 2.52. The van der Waals surface area contributed by atoms with Crippen molar-refractivity contribution in [2.45, 2.75) is 82.5 Å². The molecular weight excluding hydrogens is 336 g/mol. The summed E-state index contributed by atoms with van der Waals surface area (Å²) >= 11 is 0. The van der Waals surface area contributed by atoms with Crippen molar-refractivity contribution < 1.29 is 12.6 Å². The van der Waals surface area contributed by atoms with Crippen LogP contribution >= 0.6 is 0 Å². The van der Waals surface area contributed by atoms with Crippen LogP contribution in [0.4, 0.5) is 0 Å². The lowest BCUT2D eigenvalue weighted by Gasteiger charge is -2.21. The van der Waals surface area contributed by atoms with Crippen LogP contribution in [0.25, 0.3) is 0 Å². The predicted molar refractivity (Wildman–Crippen MR) is 105 cm³/mol. The number of hydrogen-bond donors (Lipinski definition) is 0. The largest absolute Gasteiger partial charge is 0.296 e. The van der Waals surface area contributed by atoms with Gasteiger partial charge < -0.3 is 0 Å². The van der Waals surface area contributed by atoms with Crippen LogP contribution in [0.3, 0.4) is 0 Å². The predicted octanol–water partition coefficient (Wildman–Crippen LogP) is 5.77. The first-order valence-electron chi connectivity index (χ1n) is 9.23. The molecule has 0 fully saturated rings. The van der Waals surface area contributed by atoms with Gasteiger partial charge in [-0.3, -0.25) is 4.18 Å². The molecule has 0 aliphatic heterocycles. The summed E-state index contributed by atoms with van der Waals surface area (Å²) in [6.07, 6.45) is 6.96. The second kappa shape index (κ2) is 10.4. The Bertz CT molecular complexity index is 565. The van der Waals surface area contributed by atoms with Crippen LogP contribution in [0.2, 0.25) is 25.2 Å². The zero-order valence-electron chi connectivity index (χ0n) is 15.8. The van der Waals surface area contributed by atoms with Crippen molar-refractivity contribution in [2.24, 2.45) is 0 Å². The van der Waals surface area contributed by atoms with Crippen LogP contribution < -0.4 is 0 Å². The molecule has 0 atom stereocenters. The molecule has 138 valence electrons. The maximum atomic E-state index is 12.0. The monoisotopic (exact) mass is 370 g/mol. The van der Waals surface area contributed by atoms with Crippen LogP contribution in [0.15, 0.2) is 29.2 Å². The summed E-state index contributed by atoms with van der Waals surface area (Å²) in [6.45, 7) is 9.45. The maximum Gasteiger partial charge on any atom is 0.296 e. The topological polar surface area (TPSA) is 43.4 Å². The molecule has 1 rings (SSSR count). The third-order valence-electron chi connectivity index (χ3n) is 4.50. The molecule has 0 spiro atoms. The van der Waals surface area contributed by atoms with Gasteiger partial charge in [0.1, 0.15) is 0 Å². The van der Waals surface area contributed by atoms with Gasteiger partial charge in [-0.1, -0.05) is 81.9 Å². The highest BCUT2D eigenvalue weighted by Crippen LogP contribution is 2.22. The van der Waals surface area contributed by atoms with E-state index >= 15 is 0 Å². The van der Waals surface area contributed by atoms with Crippen molar-refractivity contribution in [3.8, 4) is 0 Å². The molecule has 0 radical (unpaired) electrons. The highest BCUT2D eigenvalue weighted by atomic mass is 32.2. The Hall–Kier alpha value is -0.653. The Kier molecular flexibility index (Phi) is 9.24. The molecule has 24 heavy (non-hydrogen) atoms. The number of aryl methyl sites for hydroxylation is 1. The van der Waals surface area contributed by atoms with Crippen LogP contribution in [-0.2, 0) is 14.3 Å². The molecule has 5 heteroatoms. The Balaban J connectivity index is 2.19. The van der Waals surface area contributed by atoms with Crippen LogP contribution in [0, 0.1) is 6.92 Å². The van der Waals surface area contributed by atoms with Crippen molar-refractivity contribution in [3.63, 3.8) is 0 Å². The Morgan fingerprint density at radius 1 is 0.917 bits per heavy atom. The molecule has 0 aliphatic carbocycles. The zero-order valence-corrected chi connectivity index (χ0v) is 17.6. The number of unbranched alkanes of at least 4 members (excludes halogenated alkanes) is 4. The highest BCUT2D eigenvalue weighted by molar-refractivity contribution is 7.86. The van der Waals surface area contributed by atoms with Crippen molar-refractivity contribution >= 4 is 18.2 Å². The van der Waals surface area contributed by atoms with Crippen LogP contribution in [0.5, 0.6) is 0 Å². The third-order valence-corrected chi connectivity index (χ3v) is 9.24. The molecule has 1 aromatic carbocycles. The molecule has 0 unspecified atom stereocenters. The Morgan fingerprint density at radius 3 is 2.12 bits per heavy atom. The SMILES string of the molecule is CCCC[Si](C)(C)CCCCCCOS(=O)(=O)c1ccc(C)cc1. The molecule has 0 saturated heterocycles. The summed E-state index contributed by atoms with van der Waals surface area (Å²) in [5.41, 5.74) is 1.04. The quantitative estimate of drug-likeness (QED) is 0.266. The van der Waals surface area contributed by atoms with Gasteiger partial charge >= 0.3 is 0 Å². The highest BCUT2D eigenvalue weighted by Gasteiger charge is 2.18. The van der Waals surface area contributed by atoms with E-state index in [9.17, 15) is 8.42 Å². The van der Waals surface area contributed by atoms with E-state index in [-0.39, 0.29) is 11.5 Å². The molecule has 1 aromatic rings. The van der Waals surface area contributed by atoms with Gasteiger partial charge in [-0.05, 0) is 25.5 Å². The Morgan fingerprint density at radius 2 is 1.50 bits per heavy atom. The van der Waals surface area contributed by atoms with Crippen molar-refractivity contribution in [1.29, 1.82) is 0 Å². The van der Waals surface area contributed by atoms with Gasteiger partial charge in [-0.25, -0.2) is 0 Å². The molecule has 0 N–H and O–H groups in total. The smallest absolute Gasteiger partial charge is 0.266 e. The lowest BCUT2D eigenvalue weighted by molar-refractivity contribution is 0.307. The molecule has 0 bridgehead atoms. The van der Waals surface area contributed by atoms with Crippen molar-refractivity contribution in [1.82, 2.24) is 0 Å². The molecule has 0 aliphatic rings. The lowest BCUT2D eigenvalue weighted by Crippen LogP contribution is -2.24. The normalized spacial score (nSPS) is 12.5. The summed E-state index contributed by atoms with van der Waals surface area (Å²) in [6, 6.07) is 9.61. The second-order valence-corrected chi connectivity index (χ2v) is 14.5. The fourth-order valence-electron chi connectivity index (χ4n) is 2.78. The molecule has 0 aromatic heterocycles. The van der Waals surface area contributed by atoms with E-state index in [1.54, 1.807) is 24.3 Å². The van der Waals surface area contributed by atoms with Crippen LogP contribution in [-0.4, -0.2) is 23.1 Å². The first-order valence-corrected chi connectivity index (χ1v) is 14.1. The van der Waals surface area contributed by atoms with Gasteiger partial charge in [0, 0.05) is 8.07 Å². The van der Waals surface area contributed by atoms with Crippen LogP contribution in [0.1, 0.15) is 51.0 Å². The van der Waals surface area contributed by atoms with E-state index in [0.717, 1.165) is 18.4 Å². The molecule has 0 saturated carbocycles. The molecular formula is C19H34O3SSi. The van der Waals surface area contributed by atoms with Crippen molar-refractivity contribution in [3.05, 3.63) is 29.8 Å². The van der Waals surface area contributed by atoms with Gasteiger partial charge in [0.15, 0.2) is 0 Å². The lowest BCUT2D eigenvalue weighted by atomic mass is 10.2. The fraction of sp³-hybridized carbons (Fsp3) is 0.684. The van der Waals surface area contributed by atoms with Crippen molar-refractivity contribution in [2.75, 3.05) is 6.61 Å². The average molecular weight is 371 g/mol. The van der Waals surface area contributed by atoms with Gasteiger partial charge in [-0.2, -0.15) is 8.42 Å². The van der Waals surface area contributed by atoms with E-state index in [1.807, 2.05) is 6.92 Å². The Labute approximate surface area is 150 Å². The van der Waals surface area contributed by atoms with E-state index in [2.05, 4.69) is 20.0 Å². The maximum absolute atomic E-state index is 12.0. The summed E-state index contributed by atoms with van der Waals surface area (Å²) in [5.74, 6) is 0. The van der Waals surface area contributed by atoms with Gasteiger partial charge in [-0.15, -0.1) is 0 Å². The van der Waals surface area contributed by atoms with E-state index in [0.29, 0.717) is 0 Å². The zero-order chi connectivity index (χ0) is 18.1. The van der Waals surface area contributed by atoms with E-state index in [1.165, 1.54) is 37.8 Å². The minimum atomic E-state index is -3.60. The third kappa shape index (κ3) is 8.45. The molecule has 3 nitrogen and oxygen atoms in total. The van der Waals surface area contributed by atoms with Gasteiger partial charge in [0.25, 0.3) is 10.1 Å². The number of benzene rings is 1. The van der Waals surface area contributed by atoms with E-state index < -0.39 is 18.2 Å². The first-order chi connectivity index (χ1) is 11.3. The fourth-order valence-corrected chi connectivity index (χ4v) is 6.49. The van der Waals surface area contributed by atoms with Gasteiger partial charge in [0.2, 0.25) is 0 Å².